The van der Waals surface area contributed by atoms with Gasteiger partial charge in [0.15, 0.2) is 6.17 Å². The van der Waals surface area contributed by atoms with Crippen LogP contribution in [0.1, 0.15) is 31.4 Å². The van der Waals surface area contributed by atoms with Crippen LogP contribution in [0.2, 0.25) is 5.02 Å². The summed E-state index contributed by atoms with van der Waals surface area (Å²) in [5, 5.41) is 3.31. The Balaban J connectivity index is 1.95. The number of anilines is 1. The predicted octanol–water partition coefficient (Wildman–Crippen LogP) is 4.94. The van der Waals surface area contributed by atoms with Gasteiger partial charge in [0.25, 0.3) is 0 Å². The zero-order valence-corrected chi connectivity index (χ0v) is 13.4. The van der Waals surface area contributed by atoms with Crippen molar-refractivity contribution in [2.24, 2.45) is 5.92 Å². The molecule has 0 aliphatic heterocycles. The zero-order chi connectivity index (χ0) is 18.1. The second-order valence-electron chi connectivity index (χ2n) is 5.90. The van der Waals surface area contributed by atoms with Gasteiger partial charge in [-0.3, -0.25) is 0 Å². The Hall–Kier alpha value is -1.25. The summed E-state index contributed by atoms with van der Waals surface area (Å²) in [5.41, 5.74) is 0.552. The van der Waals surface area contributed by atoms with Crippen molar-refractivity contribution >= 4 is 17.4 Å². The van der Waals surface area contributed by atoms with Gasteiger partial charge in [0.1, 0.15) is 17.2 Å². The van der Waals surface area contributed by atoms with Crippen molar-refractivity contribution in [3.05, 3.63) is 17.0 Å². The summed E-state index contributed by atoms with van der Waals surface area (Å²) >= 11 is 6.03. The first-order valence-corrected chi connectivity index (χ1v) is 7.74. The third-order valence-electron chi connectivity index (χ3n) is 4.21. The summed E-state index contributed by atoms with van der Waals surface area (Å²) in [6, 6.07) is -0.222. The summed E-state index contributed by atoms with van der Waals surface area (Å²) in [6.07, 6.45) is -7.47. The third-order valence-corrected chi connectivity index (χ3v) is 4.67. The molecule has 0 saturated heterocycles. The molecule has 0 spiro atoms. The fraction of sp³-hybridized carbons (Fsp3) is 0.714. The van der Waals surface area contributed by atoms with Crippen LogP contribution in [0, 0.1) is 12.8 Å². The molecule has 1 atom stereocenters. The number of halogens is 7. The molecule has 1 aliphatic carbocycles. The van der Waals surface area contributed by atoms with Crippen LogP contribution in [-0.2, 0) is 0 Å². The van der Waals surface area contributed by atoms with Crippen LogP contribution in [0.3, 0.4) is 0 Å². The first kappa shape index (κ1) is 19.1. The molecule has 2 rings (SSSR count). The second-order valence-corrected chi connectivity index (χ2v) is 6.28. The van der Waals surface area contributed by atoms with Crippen LogP contribution >= 0.6 is 11.6 Å². The molecule has 3 nitrogen and oxygen atoms in total. The van der Waals surface area contributed by atoms with Gasteiger partial charge in [0.2, 0.25) is 0 Å². The maximum absolute atomic E-state index is 13.7. The molecule has 1 fully saturated rings. The number of hydrogen-bond acceptors (Lipinski definition) is 3. The van der Waals surface area contributed by atoms with Crippen molar-refractivity contribution in [2.75, 3.05) is 5.32 Å². The standard InChI is InChI=1S/C14H16ClF6N3/c1-7-10(15)12(23-6-22-7)24-9-4-2-8(3-5-9)11(16)13(17,18)14(19,20)21/h6,8-9,11H,2-5H2,1H3,(H,22,23,24). The molecule has 1 heterocycles. The van der Waals surface area contributed by atoms with E-state index in [-0.39, 0.29) is 31.7 Å². The van der Waals surface area contributed by atoms with Crippen LogP contribution in [0.15, 0.2) is 6.33 Å². The van der Waals surface area contributed by atoms with E-state index in [2.05, 4.69) is 15.3 Å². The molecule has 0 radical (unpaired) electrons. The van der Waals surface area contributed by atoms with Crippen LogP contribution < -0.4 is 5.32 Å². The first-order chi connectivity index (χ1) is 11.0. The van der Waals surface area contributed by atoms with Crippen molar-refractivity contribution in [3.63, 3.8) is 0 Å². The van der Waals surface area contributed by atoms with Gasteiger partial charge in [-0.05, 0) is 38.5 Å². The smallest absolute Gasteiger partial charge is 0.366 e. The predicted molar refractivity (Wildman–Crippen MR) is 77.0 cm³/mol. The third kappa shape index (κ3) is 3.87. The van der Waals surface area contributed by atoms with E-state index in [1.54, 1.807) is 6.92 Å². The van der Waals surface area contributed by atoms with Crippen LogP contribution in [-0.4, -0.2) is 34.3 Å². The molecule has 0 bridgehead atoms. The molecule has 1 aromatic rings. The number of hydrogen-bond donors (Lipinski definition) is 1. The molecule has 1 unspecified atom stereocenters. The lowest BCUT2D eigenvalue weighted by molar-refractivity contribution is -0.309. The number of nitrogens with zero attached hydrogens (tertiary/aromatic N) is 2. The molecule has 0 aromatic carbocycles. The number of aromatic nitrogens is 2. The van der Waals surface area contributed by atoms with E-state index in [9.17, 15) is 26.3 Å². The topological polar surface area (TPSA) is 37.8 Å². The zero-order valence-electron chi connectivity index (χ0n) is 12.7. The van der Waals surface area contributed by atoms with E-state index < -0.39 is 24.2 Å². The highest BCUT2D eigenvalue weighted by Gasteiger charge is 2.64. The lowest BCUT2D eigenvalue weighted by atomic mass is 9.81. The molecule has 1 aromatic heterocycles. The summed E-state index contributed by atoms with van der Waals surface area (Å²) in [5.74, 6) is -6.29. The van der Waals surface area contributed by atoms with Gasteiger partial charge in [0, 0.05) is 6.04 Å². The molecular formula is C14H16ClF6N3. The first-order valence-electron chi connectivity index (χ1n) is 7.36. The highest BCUT2D eigenvalue weighted by atomic mass is 35.5. The maximum Gasteiger partial charge on any atom is 0.456 e. The van der Waals surface area contributed by atoms with Crippen molar-refractivity contribution in [1.82, 2.24) is 9.97 Å². The number of alkyl halides is 6. The average molecular weight is 376 g/mol. The van der Waals surface area contributed by atoms with Crippen LogP contribution in [0.4, 0.5) is 32.2 Å². The average Bonchev–Trinajstić information content (AvgIpc) is 2.51. The van der Waals surface area contributed by atoms with Crippen molar-refractivity contribution < 1.29 is 26.3 Å². The van der Waals surface area contributed by atoms with Crippen molar-refractivity contribution in [3.8, 4) is 0 Å². The maximum atomic E-state index is 13.7. The fourth-order valence-corrected chi connectivity index (χ4v) is 2.91. The summed E-state index contributed by atoms with van der Waals surface area (Å²) < 4.78 is 76.7. The molecular weight excluding hydrogens is 360 g/mol. The Labute approximate surface area is 139 Å². The molecule has 10 heteroatoms. The minimum Gasteiger partial charge on any atom is -0.366 e. The fourth-order valence-electron chi connectivity index (χ4n) is 2.76. The lowest BCUT2D eigenvalue weighted by Crippen LogP contribution is -2.49. The van der Waals surface area contributed by atoms with E-state index >= 15 is 0 Å². The van der Waals surface area contributed by atoms with Gasteiger partial charge in [0.05, 0.1) is 5.69 Å². The number of rotatable bonds is 4. The highest BCUT2D eigenvalue weighted by Crippen LogP contribution is 2.45. The van der Waals surface area contributed by atoms with Crippen LogP contribution in [0.25, 0.3) is 0 Å². The Kier molecular flexibility index (Phi) is 5.51. The Morgan fingerprint density at radius 3 is 2.25 bits per heavy atom. The van der Waals surface area contributed by atoms with Crippen molar-refractivity contribution in [2.45, 2.75) is 56.9 Å². The van der Waals surface area contributed by atoms with Gasteiger partial charge in [-0.15, -0.1) is 0 Å². The van der Waals surface area contributed by atoms with E-state index in [1.165, 1.54) is 6.33 Å². The van der Waals surface area contributed by atoms with Gasteiger partial charge in [-0.25, -0.2) is 14.4 Å². The second kappa shape index (κ2) is 6.93. The molecule has 1 aliphatic rings. The Morgan fingerprint density at radius 2 is 1.71 bits per heavy atom. The molecule has 1 saturated carbocycles. The molecule has 0 amide bonds. The minimum absolute atomic E-state index is 0.0772. The SMILES string of the molecule is Cc1ncnc(NC2CCC(C(F)C(F)(F)C(F)(F)F)CC2)c1Cl. The quantitative estimate of drug-likeness (QED) is 0.757. The van der Waals surface area contributed by atoms with Gasteiger partial charge in [-0.2, -0.15) is 22.0 Å². The number of aryl methyl sites for hydroxylation is 1. The summed E-state index contributed by atoms with van der Waals surface area (Å²) in [4.78, 5) is 7.86. The normalized spacial score (nSPS) is 23.8. The van der Waals surface area contributed by atoms with E-state index in [0.717, 1.165) is 0 Å². The van der Waals surface area contributed by atoms with Gasteiger partial charge < -0.3 is 5.32 Å². The van der Waals surface area contributed by atoms with Crippen LogP contribution in [0.5, 0.6) is 0 Å². The number of nitrogens with one attached hydrogen (secondary N) is 1. The van der Waals surface area contributed by atoms with Crippen molar-refractivity contribution in [1.29, 1.82) is 0 Å². The summed E-state index contributed by atoms with van der Waals surface area (Å²) in [6.45, 7) is 1.68. The molecule has 1 N–H and O–H groups in total. The Bertz CT molecular complexity index is 572. The van der Waals surface area contributed by atoms with E-state index in [4.69, 9.17) is 11.6 Å². The summed E-state index contributed by atoms with van der Waals surface area (Å²) in [7, 11) is 0. The van der Waals surface area contributed by atoms with E-state index in [1.807, 2.05) is 0 Å². The minimum atomic E-state index is -5.88. The van der Waals surface area contributed by atoms with E-state index in [0.29, 0.717) is 16.5 Å². The van der Waals surface area contributed by atoms with Gasteiger partial charge >= 0.3 is 12.1 Å². The lowest BCUT2D eigenvalue weighted by Gasteiger charge is -2.34. The largest absolute Gasteiger partial charge is 0.456 e. The highest BCUT2D eigenvalue weighted by molar-refractivity contribution is 6.33. The van der Waals surface area contributed by atoms with Gasteiger partial charge in [-0.1, -0.05) is 11.6 Å². The Morgan fingerprint density at radius 1 is 1.12 bits per heavy atom. The molecule has 24 heavy (non-hydrogen) atoms. The monoisotopic (exact) mass is 375 g/mol. The molecule has 136 valence electrons.